The zero-order valence-electron chi connectivity index (χ0n) is 8.47. The first kappa shape index (κ1) is 8.80. The molecule has 0 spiro atoms. The molecule has 13 heavy (non-hydrogen) atoms. The fourth-order valence-corrected chi connectivity index (χ4v) is 2.41. The Morgan fingerprint density at radius 3 is 1.92 bits per heavy atom. The molecule has 2 aliphatic carbocycles. The van der Waals surface area contributed by atoms with Crippen molar-refractivity contribution in [1.82, 2.24) is 0 Å². The molecular formula is C13H18. The zero-order chi connectivity index (χ0) is 9.10. The van der Waals surface area contributed by atoms with E-state index in [4.69, 9.17) is 0 Å². The average molecular weight is 174 g/mol. The summed E-state index contributed by atoms with van der Waals surface area (Å²) in [7, 11) is 0. The first-order valence-electron chi connectivity index (χ1n) is 5.47. The van der Waals surface area contributed by atoms with E-state index in [1.807, 2.05) is 0 Å². The minimum absolute atomic E-state index is 1.29. The third-order valence-electron chi connectivity index (χ3n) is 3.06. The van der Waals surface area contributed by atoms with E-state index in [1.54, 1.807) is 16.7 Å². The summed E-state index contributed by atoms with van der Waals surface area (Å²) in [5.74, 6) is 0. The average Bonchev–Trinajstić information content (AvgIpc) is 2.76. The Morgan fingerprint density at radius 2 is 1.62 bits per heavy atom. The van der Waals surface area contributed by atoms with Gasteiger partial charge in [0.05, 0.1) is 0 Å². The lowest BCUT2D eigenvalue weighted by Gasteiger charge is -2.09. The number of hydrogen-bond acceptors (Lipinski definition) is 0. The molecule has 0 fully saturated rings. The van der Waals surface area contributed by atoms with Crippen LogP contribution < -0.4 is 0 Å². The Hall–Kier alpha value is -0.780. The van der Waals surface area contributed by atoms with Crippen LogP contribution in [0.4, 0.5) is 0 Å². The highest BCUT2D eigenvalue weighted by molar-refractivity contribution is 5.48. The van der Waals surface area contributed by atoms with Crippen LogP contribution >= 0.6 is 0 Å². The van der Waals surface area contributed by atoms with Gasteiger partial charge in [0.2, 0.25) is 0 Å². The largest absolute Gasteiger partial charge is 0.0807 e. The molecule has 0 atom stereocenters. The molecule has 0 aromatic rings. The molecule has 0 bridgehead atoms. The summed E-state index contributed by atoms with van der Waals surface area (Å²) in [6.07, 6.45) is 15.1. The maximum atomic E-state index is 2.43. The second-order valence-electron chi connectivity index (χ2n) is 3.95. The Kier molecular flexibility index (Phi) is 2.68. The van der Waals surface area contributed by atoms with E-state index in [0.717, 1.165) is 0 Å². The van der Waals surface area contributed by atoms with Gasteiger partial charge in [0.1, 0.15) is 0 Å². The minimum Gasteiger partial charge on any atom is -0.0807 e. The van der Waals surface area contributed by atoms with Gasteiger partial charge in [-0.25, -0.2) is 0 Å². The molecule has 2 rings (SSSR count). The standard InChI is InChI=1S/C13H18/c1-2-13(11-7-3-4-8-11)12-9-5-6-10-12/h2,7,9H,3-6,8,10H2,1H3. The van der Waals surface area contributed by atoms with Gasteiger partial charge < -0.3 is 0 Å². The van der Waals surface area contributed by atoms with Crippen LogP contribution in [0.1, 0.15) is 45.4 Å². The SMILES string of the molecule is CC=C(C1=CCCC1)C1=CCCC1. The Morgan fingerprint density at radius 1 is 1.08 bits per heavy atom. The number of allylic oxidation sites excluding steroid dienone is 6. The van der Waals surface area contributed by atoms with Gasteiger partial charge in [-0.3, -0.25) is 0 Å². The maximum Gasteiger partial charge on any atom is -0.0242 e. The highest BCUT2D eigenvalue weighted by Gasteiger charge is 2.14. The van der Waals surface area contributed by atoms with Crippen LogP contribution in [-0.4, -0.2) is 0 Å². The van der Waals surface area contributed by atoms with Crippen LogP contribution in [0, 0.1) is 0 Å². The van der Waals surface area contributed by atoms with E-state index in [-0.39, 0.29) is 0 Å². The van der Waals surface area contributed by atoms with E-state index in [9.17, 15) is 0 Å². The highest BCUT2D eigenvalue weighted by atomic mass is 14.2. The summed E-state index contributed by atoms with van der Waals surface area (Å²) < 4.78 is 0. The topological polar surface area (TPSA) is 0 Å². The lowest BCUT2D eigenvalue weighted by atomic mass is 9.97. The second-order valence-corrected chi connectivity index (χ2v) is 3.95. The van der Waals surface area contributed by atoms with Crippen LogP contribution in [0.3, 0.4) is 0 Å². The normalized spacial score (nSPS) is 21.3. The molecule has 0 N–H and O–H groups in total. The van der Waals surface area contributed by atoms with Crippen LogP contribution in [0.5, 0.6) is 0 Å². The van der Waals surface area contributed by atoms with Gasteiger partial charge in [-0.05, 0) is 62.2 Å². The van der Waals surface area contributed by atoms with Crippen molar-refractivity contribution in [3.63, 3.8) is 0 Å². The molecule has 0 aromatic carbocycles. The summed E-state index contributed by atoms with van der Waals surface area (Å²) >= 11 is 0. The van der Waals surface area contributed by atoms with Gasteiger partial charge in [-0.1, -0.05) is 18.2 Å². The van der Waals surface area contributed by atoms with Gasteiger partial charge in [-0.15, -0.1) is 0 Å². The molecule has 0 amide bonds. The Labute approximate surface area is 81.0 Å². The van der Waals surface area contributed by atoms with E-state index in [0.29, 0.717) is 0 Å². The molecule has 0 unspecified atom stereocenters. The molecule has 0 radical (unpaired) electrons. The summed E-state index contributed by atoms with van der Waals surface area (Å²) in [4.78, 5) is 0. The van der Waals surface area contributed by atoms with Crippen molar-refractivity contribution in [2.75, 3.05) is 0 Å². The minimum atomic E-state index is 1.29. The Bertz CT molecular complexity index is 250. The van der Waals surface area contributed by atoms with E-state index in [2.05, 4.69) is 25.2 Å². The van der Waals surface area contributed by atoms with Crippen molar-refractivity contribution in [3.8, 4) is 0 Å². The van der Waals surface area contributed by atoms with E-state index in [1.165, 1.54) is 38.5 Å². The van der Waals surface area contributed by atoms with E-state index < -0.39 is 0 Å². The van der Waals surface area contributed by atoms with Crippen LogP contribution in [0.2, 0.25) is 0 Å². The van der Waals surface area contributed by atoms with Crippen molar-refractivity contribution < 1.29 is 0 Å². The van der Waals surface area contributed by atoms with Crippen LogP contribution in [-0.2, 0) is 0 Å². The summed E-state index contributed by atoms with van der Waals surface area (Å²) in [6, 6.07) is 0. The lowest BCUT2D eigenvalue weighted by molar-refractivity contribution is 0.892. The molecule has 0 saturated heterocycles. The van der Waals surface area contributed by atoms with Crippen molar-refractivity contribution in [1.29, 1.82) is 0 Å². The maximum absolute atomic E-state index is 2.43. The molecular weight excluding hydrogens is 156 g/mol. The number of hydrogen-bond donors (Lipinski definition) is 0. The summed E-state index contributed by atoms with van der Waals surface area (Å²) in [5.41, 5.74) is 4.77. The summed E-state index contributed by atoms with van der Waals surface area (Å²) in [5, 5.41) is 0. The van der Waals surface area contributed by atoms with Crippen molar-refractivity contribution in [3.05, 3.63) is 34.9 Å². The molecule has 2 aliphatic rings. The van der Waals surface area contributed by atoms with Gasteiger partial charge in [0.15, 0.2) is 0 Å². The molecule has 0 aromatic heterocycles. The first-order valence-corrected chi connectivity index (χ1v) is 5.47. The predicted molar refractivity (Wildman–Crippen MR) is 57.6 cm³/mol. The molecule has 0 aliphatic heterocycles. The molecule has 0 saturated carbocycles. The number of rotatable bonds is 2. The fourth-order valence-electron chi connectivity index (χ4n) is 2.41. The van der Waals surface area contributed by atoms with E-state index >= 15 is 0 Å². The smallest absolute Gasteiger partial charge is 0.0242 e. The monoisotopic (exact) mass is 174 g/mol. The third-order valence-corrected chi connectivity index (χ3v) is 3.06. The highest BCUT2D eigenvalue weighted by Crippen LogP contribution is 2.34. The lowest BCUT2D eigenvalue weighted by Crippen LogP contribution is -1.89. The molecule has 0 heteroatoms. The molecule has 70 valence electrons. The van der Waals surface area contributed by atoms with Crippen molar-refractivity contribution in [2.24, 2.45) is 0 Å². The fraction of sp³-hybridized carbons (Fsp3) is 0.538. The third kappa shape index (κ3) is 1.77. The van der Waals surface area contributed by atoms with Gasteiger partial charge in [0, 0.05) is 0 Å². The van der Waals surface area contributed by atoms with Gasteiger partial charge in [-0.2, -0.15) is 0 Å². The molecule has 0 nitrogen and oxygen atoms in total. The van der Waals surface area contributed by atoms with Gasteiger partial charge >= 0.3 is 0 Å². The van der Waals surface area contributed by atoms with Crippen LogP contribution in [0.15, 0.2) is 34.9 Å². The Balaban J connectivity index is 2.18. The second kappa shape index (κ2) is 3.95. The van der Waals surface area contributed by atoms with Crippen LogP contribution in [0.25, 0.3) is 0 Å². The first-order chi connectivity index (χ1) is 6.42. The van der Waals surface area contributed by atoms with Crippen molar-refractivity contribution >= 4 is 0 Å². The predicted octanol–water partition coefficient (Wildman–Crippen LogP) is 4.15. The van der Waals surface area contributed by atoms with Crippen molar-refractivity contribution in [2.45, 2.75) is 45.4 Å². The quantitative estimate of drug-likeness (QED) is 0.590. The molecule has 0 heterocycles. The zero-order valence-corrected chi connectivity index (χ0v) is 8.47. The van der Waals surface area contributed by atoms with Gasteiger partial charge in [0.25, 0.3) is 0 Å². The summed E-state index contributed by atoms with van der Waals surface area (Å²) in [6.45, 7) is 2.17.